The number of hydrogen-bond donors (Lipinski definition) is 0. The highest BCUT2D eigenvalue weighted by Crippen LogP contribution is 2.29. The molecule has 0 bridgehead atoms. The van der Waals surface area contributed by atoms with Crippen LogP contribution in [0.2, 0.25) is 0 Å². The Labute approximate surface area is 93.1 Å². The highest BCUT2D eigenvalue weighted by Gasteiger charge is 2.20. The van der Waals surface area contributed by atoms with Crippen molar-refractivity contribution in [3.05, 3.63) is 22.5 Å². The van der Waals surface area contributed by atoms with Crippen LogP contribution in [-0.2, 0) is 12.8 Å². The van der Waals surface area contributed by atoms with Crippen LogP contribution in [-0.4, -0.2) is 10.2 Å². The van der Waals surface area contributed by atoms with Crippen LogP contribution in [0.3, 0.4) is 0 Å². The van der Waals surface area contributed by atoms with Gasteiger partial charge in [0, 0.05) is 0 Å². The Bertz CT molecular complexity index is 330. The maximum atomic E-state index is 4.30. The molecule has 1 aromatic rings. The lowest BCUT2D eigenvalue weighted by atomic mass is 10.0. The van der Waals surface area contributed by atoms with Crippen molar-refractivity contribution < 1.29 is 0 Å². The Hall–Kier alpha value is -0.920. The van der Waals surface area contributed by atoms with Crippen LogP contribution in [0, 0.1) is 6.92 Å². The molecular weight excluding hydrogens is 184 g/mol. The zero-order chi connectivity index (χ0) is 11.4. The molecule has 0 saturated carbocycles. The lowest BCUT2D eigenvalue weighted by Gasteiger charge is -2.10. The Kier molecular flexibility index (Phi) is 4.25. The van der Waals surface area contributed by atoms with Gasteiger partial charge >= 0.3 is 0 Å². The molecule has 15 heavy (non-hydrogen) atoms. The first-order chi connectivity index (χ1) is 7.20. The fourth-order valence-electron chi connectivity index (χ4n) is 2.14. The molecule has 0 aromatic carbocycles. The Morgan fingerprint density at radius 3 is 2.20 bits per heavy atom. The zero-order valence-electron chi connectivity index (χ0n) is 10.6. The molecule has 84 valence electrons. The number of nitrogens with zero attached hydrogens (tertiary/aromatic N) is 2. The van der Waals surface area contributed by atoms with Gasteiger partial charge in [0.15, 0.2) is 0 Å². The van der Waals surface area contributed by atoms with E-state index in [1.165, 1.54) is 36.1 Å². The maximum Gasteiger partial charge on any atom is 0.0691 e. The standard InChI is InChI=1S/C11H16N2.C2H6/c1-7(2)11-10-6-4-5-9(10)8(3)12-13-11;1-2/h7H,4-6H2,1-3H3;1-2H3. The average Bonchev–Trinajstić information content (AvgIpc) is 2.70. The summed E-state index contributed by atoms with van der Waals surface area (Å²) in [5, 5.41) is 8.52. The van der Waals surface area contributed by atoms with E-state index in [0.29, 0.717) is 5.92 Å². The number of fused-ring (bicyclic) bond motifs is 1. The summed E-state index contributed by atoms with van der Waals surface area (Å²) in [6.45, 7) is 10.5. The predicted molar refractivity (Wildman–Crippen MR) is 64.2 cm³/mol. The van der Waals surface area contributed by atoms with Crippen LogP contribution in [0.1, 0.15) is 62.5 Å². The highest BCUT2D eigenvalue weighted by atomic mass is 15.1. The van der Waals surface area contributed by atoms with Crippen molar-refractivity contribution in [3.63, 3.8) is 0 Å². The first-order valence-corrected chi connectivity index (χ1v) is 6.05. The summed E-state index contributed by atoms with van der Waals surface area (Å²) in [5.74, 6) is 0.514. The quantitative estimate of drug-likeness (QED) is 0.703. The van der Waals surface area contributed by atoms with Crippen LogP contribution in [0.5, 0.6) is 0 Å². The van der Waals surface area contributed by atoms with Crippen molar-refractivity contribution in [2.75, 3.05) is 0 Å². The fraction of sp³-hybridized carbons (Fsp3) is 0.692. The minimum atomic E-state index is 0.514. The second kappa shape index (κ2) is 5.24. The summed E-state index contributed by atoms with van der Waals surface area (Å²) in [4.78, 5) is 0. The van der Waals surface area contributed by atoms with E-state index in [9.17, 15) is 0 Å². The smallest absolute Gasteiger partial charge is 0.0691 e. The Balaban J connectivity index is 0.000000531. The van der Waals surface area contributed by atoms with Crippen LogP contribution >= 0.6 is 0 Å². The molecule has 0 fully saturated rings. The molecule has 0 N–H and O–H groups in total. The minimum absolute atomic E-state index is 0.514. The van der Waals surface area contributed by atoms with E-state index < -0.39 is 0 Å². The zero-order valence-corrected chi connectivity index (χ0v) is 10.6. The van der Waals surface area contributed by atoms with E-state index in [1.807, 2.05) is 13.8 Å². The third-order valence-corrected chi connectivity index (χ3v) is 2.82. The maximum absolute atomic E-state index is 4.30. The summed E-state index contributed by atoms with van der Waals surface area (Å²) in [6, 6.07) is 0. The molecule has 2 rings (SSSR count). The van der Waals surface area contributed by atoms with Gasteiger partial charge in [-0.05, 0) is 43.2 Å². The third-order valence-electron chi connectivity index (χ3n) is 2.82. The van der Waals surface area contributed by atoms with E-state index in [2.05, 4.69) is 31.0 Å². The second-order valence-electron chi connectivity index (χ2n) is 4.14. The van der Waals surface area contributed by atoms with Gasteiger partial charge in [-0.1, -0.05) is 27.7 Å². The van der Waals surface area contributed by atoms with E-state index in [1.54, 1.807) is 0 Å². The number of aromatic nitrogens is 2. The van der Waals surface area contributed by atoms with Crippen LogP contribution in [0.25, 0.3) is 0 Å². The van der Waals surface area contributed by atoms with Gasteiger partial charge in [0.25, 0.3) is 0 Å². The monoisotopic (exact) mass is 206 g/mol. The molecule has 1 aliphatic rings. The molecule has 1 aliphatic carbocycles. The van der Waals surface area contributed by atoms with Gasteiger partial charge in [-0.2, -0.15) is 10.2 Å². The minimum Gasteiger partial charge on any atom is -0.155 e. The molecule has 0 saturated heterocycles. The normalized spacial score (nSPS) is 13.5. The van der Waals surface area contributed by atoms with E-state index >= 15 is 0 Å². The lowest BCUT2D eigenvalue weighted by Crippen LogP contribution is -2.04. The van der Waals surface area contributed by atoms with Crippen molar-refractivity contribution in [2.45, 2.75) is 59.8 Å². The second-order valence-corrected chi connectivity index (χ2v) is 4.14. The van der Waals surface area contributed by atoms with Gasteiger partial charge in [0.2, 0.25) is 0 Å². The molecule has 1 heterocycles. The molecule has 0 spiro atoms. The topological polar surface area (TPSA) is 25.8 Å². The largest absolute Gasteiger partial charge is 0.155 e. The van der Waals surface area contributed by atoms with Crippen molar-refractivity contribution in [2.24, 2.45) is 0 Å². The number of rotatable bonds is 1. The number of hydrogen-bond acceptors (Lipinski definition) is 2. The molecule has 0 amide bonds. The Morgan fingerprint density at radius 1 is 1.00 bits per heavy atom. The number of aryl methyl sites for hydroxylation is 1. The molecule has 1 aromatic heterocycles. The SMILES string of the molecule is CC.Cc1nnc(C(C)C)c2c1CCC2. The first-order valence-electron chi connectivity index (χ1n) is 6.05. The Morgan fingerprint density at radius 2 is 1.60 bits per heavy atom. The average molecular weight is 206 g/mol. The summed E-state index contributed by atoms with van der Waals surface area (Å²) >= 11 is 0. The van der Waals surface area contributed by atoms with Crippen molar-refractivity contribution >= 4 is 0 Å². The molecule has 0 unspecified atom stereocenters. The first kappa shape index (κ1) is 12.2. The summed E-state index contributed by atoms with van der Waals surface area (Å²) < 4.78 is 0. The molecule has 0 atom stereocenters. The summed E-state index contributed by atoms with van der Waals surface area (Å²) in [6.07, 6.45) is 3.69. The predicted octanol–water partition coefficient (Wildman–Crippen LogP) is 3.42. The summed E-state index contributed by atoms with van der Waals surface area (Å²) in [5.41, 5.74) is 5.32. The summed E-state index contributed by atoms with van der Waals surface area (Å²) in [7, 11) is 0. The van der Waals surface area contributed by atoms with Gasteiger partial charge in [-0.3, -0.25) is 0 Å². The molecule has 0 radical (unpaired) electrons. The van der Waals surface area contributed by atoms with Crippen LogP contribution < -0.4 is 0 Å². The van der Waals surface area contributed by atoms with Gasteiger partial charge in [-0.15, -0.1) is 0 Å². The van der Waals surface area contributed by atoms with Crippen molar-refractivity contribution in [1.29, 1.82) is 0 Å². The molecular formula is C13H22N2. The highest BCUT2D eigenvalue weighted by molar-refractivity contribution is 5.37. The third kappa shape index (κ3) is 2.36. The van der Waals surface area contributed by atoms with Crippen molar-refractivity contribution in [3.8, 4) is 0 Å². The lowest BCUT2D eigenvalue weighted by molar-refractivity contribution is 0.757. The van der Waals surface area contributed by atoms with E-state index in [4.69, 9.17) is 0 Å². The molecule has 2 nitrogen and oxygen atoms in total. The van der Waals surface area contributed by atoms with Crippen molar-refractivity contribution in [1.82, 2.24) is 10.2 Å². The van der Waals surface area contributed by atoms with Crippen LogP contribution in [0.15, 0.2) is 0 Å². The van der Waals surface area contributed by atoms with Gasteiger partial charge in [0.05, 0.1) is 11.4 Å². The van der Waals surface area contributed by atoms with Crippen LogP contribution in [0.4, 0.5) is 0 Å². The molecule has 0 aliphatic heterocycles. The van der Waals surface area contributed by atoms with E-state index in [-0.39, 0.29) is 0 Å². The van der Waals surface area contributed by atoms with E-state index in [0.717, 1.165) is 5.69 Å². The van der Waals surface area contributed by atoms with Gasteiger partial charge in [-0.25, -0.2) is 0 Å². The fourth-order valence-corrected chi connectivity index (χ4v) is 2.14. The van der Waals surface area contributed by atoms with Gasteiger partial charge in [0.1, 0.15) is 0 Å². The molecule has 2 heteroatoms. The van der Waals surface area contributed by atoms with Gasteiger partial charge < -0.3 is 0 Å².